The third-order valence-electron chi connectivity index (χ3n) is 5.47. The molecule has 6 nitrogen and oxygen atoms in total. The molecule has 3 rings (SSSR count). The van der Waals surface area contributed by atoms with Crippen molar-refractivity contribution in [3.05, 3.63) is 58.9 Å². The van der Waals surface area contributed by atoms with Gasteiger partial charge in [-0.25, -0.2) is 9.38 Å². The Labute approximate surface area is 207 Å². The standard InChI is InChI=1S/C24H33FN4O2.HI/c1-4-26-24(28-16-19-7-5-17(2)13-23(19)31-3)27-15-18-6-8-22(21(25)14-18)29-11-9-20(30)10-12-29;/h5-8,13-14,20,30H,4,9-12,15-16H2,1-3H3,(H2,26,27,28);1H. The number of benzene rings is 2. The van der Waals surface area contributed by atoms with Crippen LogP contribution >= 0.6 is 24.0 Å². The predicted molar refractivity (Wildman–Crippen MR) is 139 cm³/mol. The maximum atomic E-state index is 14.7. The van der Waals surface area contributed by atoms with Gasteiger partial charge in [0.2, 0.25) is 0 Å². The lowest BCUT2D eigenvalue weighted by Crippen LogP contribution is -2.37. The Bertz CT molecular complexity index is 902. The van der Waals surface area contributed by atoms with Crippen molar-refractivity contribution in [1.82, 2.24) is 10.6 Å². The van der Waals surface area contributed by atoms with Gasteiger partial charge in [-0.2, -0.15) is 0 Å². The average molecular weight is 556 g/mol. The van der Waals surface area contributed by atoms with Crippen LogP contribution in [0.3, 0.4) is 0 Å². The van der Waals surface area contributed by atoms with Crippen LogP contribution in [0, 0.1) is 12.7 Å². The number of ether oxygens (including phenoxy) is 1. The highest BCUT2D eigenvalue weighted by molar-refractivity contribution is 14.0. The number of hydrogen-bond donors (Lipinski definition) is 3. The van der Waals surface area contributed by atoms with Crippen molar-refractivity contribution in [3.63, 3.8) is 0 Å². The number of rotatable bonds is 7. The summed E-state index contributed by atoms with van der Waals surface area (Å²) in [6.07, 6.45) is 1.08. The second-order valence-electron chi connectivity index (χ2n) is 7.87. The molecule has 0 amide bonds. The minimum absolute atomic E-state index is 0. The summed E-state index contributed by atoms with van der Waals surface area (Å²) in [6.45, 7) is 7.06. The maximum Gasteiger partial charge on any atom is 0.191 e. The van der Waals surface area contributed by atoms with Crippen LogP contribution in [0.25, 0.3) is 0 Å². The highest BCUT2D eigenvalue weighted by Gasteiger charge is 2.19. The van der Waals surface area contributed by atoms with Crippen LogP contribution in [0.4, 0.5) is 10.1 Å². The number of aryl methyl sites for hydroxylation is 1. The molecule has 0 radical (unpaired) electrons. The number of halogens is 2. The lowest BCUT2D eigenvalue weighted by Gasteiger charge is -2.31. The molecule has 3 N–H and O–H groups in total. The van der Waals surface area contributed by atoms with Crippen molar-refractivity contribution in [2.75, 3.05) is 31.6 Å². The van der Waals surface area contributed by atoms with Gasteiger partial charge in [0.1, 0.15) is 11.6 Å². The largest absolute Gasteiger partial charge is 0.496 e. The Hall–Kier alpha value is -2.07. The molecular formula is C24H34FIN4O2. The lowest BCUT2D eigenvalue weighted by molar-refractivity contribution is 0.145. The van der Waals surface area contributed by atoms with Gasteiger partial charge in [0, 0.05) is 31.7 Å². The molecule has 1 aliphatic heterocycles. The molecule has 176 valence electrons. The fourth-order valence-corrected chi connectivity index (χ4v) is 3.70. The highest BCUT2D eigenvalue weighted by Crippen LogP contribution is 2.24. The van der Waals surface area contributed by atoms with E-state index >= 15 is 0 Å². The Morgan fingerprint density at radius 1 is 1.19 bits per heavy atom. The monoisotopic (exact) mass is 556 g/mol. The van der Waals surface area contributed by atoms with E-state index in [0.29, 0.717) is 50.7 Å². The zero-order valence-electron chi connectivity index (χ0n) is 19.0. The highest BCUT2D eigenvalue weighted by atomic mass is 127. The zero-order chi connectivity index (χ0) is 22.2. The Morgan fingerprint density at radius 3 is 2.59 bits per heavy atom. The quantitative estimate of drug-likeness (QED) is 0.274. The summed E-state index contributed by atoms with van der Waals surface area (Å²) < 4.78 is 20.2. The summed E-state index contributed by atoms with van der Waals surface area (Å²) in [5, 5.41) is 16.2. The van der Waals surface area contributed by atoms with Gasteiger partial charge in [0.05, 0.1) is 25.4 Å². The molecule has 0 aromatic heterocycles. The molecule has 0 spiro atoms. The maximum absolute atomic E-state index is 14.7. The molecule has 0 aliphatic carbocycles. The van der Waals surface area contributed by atoms with Crippen molar-refractivity contribution in [3.8, 4) is 5.75 Å². The second kappa shape index (κ2) is 12.8. The topological polar surface area (TPSA) is 69.1 Å². The summed E-state index contributed by atoms with van der Waals surface area (Å²) in [7, 11) is 1.67. The van der Waals surface area contributed by atoms with Gasteiger partial charge in [0.15, 0.2) is 5.96 Å². The number of aliphatic imine (C=N–C) groups is 1. The summed E-state index contributed by atoms with van der Waals surface area (Å²) >= 11 is 0. The summed E-state index contributed by atoms with van der Waals surface area (Å²) in [6, 6.07) is 11.4. The molecule has 1 saturated heterocycles. The molecule has 0 bridgehead atoms. The number of guanidine groups is 1. The van der Waals surface area contributed by atoms with Gasteiger partial charge >= 0.3 is 0 Å². The number of nitrogens with one attached hydrogen (secondary N) is 2. The average Bonchev–Trinajstić information content (AvgIpc) is 2.77. The normalized spacial score (nSPS) is 14.7. The van der Waals surface area contributed by atoms with E-state index in [4.69, 9.17) is 4.74 Å². The number of hydrogen-bond acceptors (Lipinski definition) is 4. The van der Waals surface area contributed by atoms with Gasteiger partial charge in [0.25, 0.3) is 0 Å². The number of nitrogens with zero attached hydrogens (tertiary/aromatic N) is 2. The Kier molecular flexibility index (Phi) is 10.5. The summed E-state index contributed by atoms with van der Waals surface area (Å²) in [5.41, 5.74) is 3.59. The predicted octanol–water partition coefficient (Wildman–Crippen LogP) is 3.98. The molecule has 0 unspecified atom stereocenters. The number of piperidine rings is 1. The summed E-state index contributed by atoms with van der Waals surface area (Å²) in [5.74, 6) is 1.26. The van der Waals surface area contributed by atoms with Gasteiger partial charge in [-0.3, -0.25) is 0 Å². The van der Waals surface area contributed by atoms with Crippen molar-refractivity contribution >= 4 is 35.6 Å². The number of aliphatic hydroxyl groups is 1. The van der Waals surface area contributed by atoms with Gasteiger partial charge in [-0.05, 0) is 56.0 Å². The molecule has 1 heterocycles. The first kappa shape index (κ1) is 26.2. The van der Waals surface area contributed by atoms with E-state index in [-0.39, 0.29) is 35.9 Å². The van der Waals surface area contributed by atoms with Crippen molar-refractivity contribution in [1.29, 1.82) is 0 Å². The van der Waals surface area contributed by atoms with Crippen molar-refractivity contribution < 1.29 is 14.2 Å². The molecular weight excluding hydrogens is 522 g/mol. The van der Waals surface area contributed by atoms with Crippen LogP contribution in [0.15, 0.2) is 41.4 Å². The third kappa shape index (κ3) is 7.23. The minimum Gasteiger partial charge on any atom is -0.496 e. The number of methoxy groups -OCH3 is 1. The molecule has 1 fully saturated rings. The fourth-order valence-electron chi connectivity index (χ4n) is 3.70. The van der Waals surface area contributed by atoms with Gasteiger partial charge in [-0.15, -0.1) is 24.0 Å². The molecule has 0 atom stereocenters. The third-order valence-corrected chi connectivity index (χ3v) is 5.47. The molecule has 1 aliphatic rings. The number of aliphatic hydroxyl groups excluding tert-OH is 1. The fraction of sp³-hybridized carbons (Fsp3) is 0.458. The Morgan fingerprint density at radius 2 is 1.94 bits per heavy atom. The molecule has 8 heteroatoms. The smallest absolute Gasteiger partial charge is 0.191 e. The number of anilines is 1. The molecule has 0 saturated carbocycles. The molecule has 2 aromatic rings. The first-order chi connectivity index (χ1) is 15.0. The van der Waals surface area contributed by atoms with Crippen LogP contribution in [0.1, 0.15) is 36.5 Å². The lowest BCUT2D eigenvalue weighted by atomic mass is 10.1. The first-order valence-electron chi connectivity index (χ1n) is 10.9. The van der Waals surface area contributed by atoms with Crippen molar-refractivity contribution in [2.24, 2.45) is 4.99 Å². The second-order valence-corrected chi connectivity index (χ2v) is 7.87. The van der Waals surface area contributed by atoms with Crippen LogP contribution < -0.4 is 20.3 Å². The van der Waals surface area contributed by atoms with E-state index < -0.39 is 0 Å². The van der Waals surface area contributed by atoms with E-state index in [9.17, 15) is 9.50 Å². The van der Waals surface area contributed by atoms with Crippen LogP contribution in [0.5, 0.6) is 5.75 Å². The van der Waals surface area contributed by atoms with E-state index in [0.717, 1.165) is 29.0 Å². The van der Waals surface area contributed by atoms with E-state index in [1.165, 1.54) is 0 Å². The minimum atomic E-state index is -0.273. The summed E-state index contributed by atoms with van der Waals surface area (Å²) in [4.78, 5) is 6.60. The molecule has 2 aromatic carbocycles. The SMILES string of the molecule is CCNC(=NCc1ccc(N2CCC(O)CC2)c(F)c1)NCc1ccc(C)cc1OC.I. The van der Waals surface area contributed by atoms with E-state index in [1.807, 2.05) is 43.0 Å². The zero-order valence-corrected chi connectivity index (χ0v) is 21.4. The first-order valence-corrected chi connectivity index (χ1v) is 10.9. The van der Waals surface area contributed by atoms with Crippen molar-refractivity contribution in [2.45, 2.75) is 45.9 Å². The van der Waals surface area contributed by atoms with Crippen LogP contribution in [0.2, 0.25) is 0 Å². The van der Waals surface area contributed by atoms with E-state index in [1.54, 1.807) is 13.2 Å². The Balaban J connectivity index is 0.00000363. The van der Waals surface area contributed by atoms with Gasteiger partial charge < -0.3 is 25.4 Å². The molecule has 32 heavy (non-hydrogen) atoms. The van der Waals surface area contributed by atoms with Gasteiger partial charge in [-0.1, -0.05) is 18.2 Å². The van der Waals surface area contributed by atoms with Crippen LogP contribution in [-0.2, 0) is 13.1 Å². The van der Waals surface area contributed by atoms with Crippen LogP contribution in [-0.4, -0.2) is 43.9 Å². The van der Waals surface area contributed by atoms with E-state index in [2.05, 4.69) is 21.7 Å².